The van der Waals surface area contributed by atoms with E-state index in [1.54, 1.807) is 6.92 Å². The normalized spacial score (nSPS) is 30.3. The SMILES string of the molecule is Cc1ccn(C2OC(C=O)C(C)C2(F)F)c(=O)n1. The fourth-order valence-corrected chi connectivity index (χ4v) is 1.88. The maximum absolute atomic E-state index is 13.9. The number of hydrogen-bond donors (Lipinski definition) is 0. The van der Waals surface area contributed by atoms with Crippen LogP contribution in [0.15, 0.2) is 17.1 Å². The first-order valence-electron chi connectivity index (χ1n) is 5.42. The molecule has 1 aromatic heterocycles. The smallest absolute Gasteiger partial charge is 0.340 e. The molecule has 1 fully saturated rings. The summed E-state index contributed by atoms with van der Waals surface area (Å²) in [7, 11) is 0. The first-order chi connectivity index (χ1) is 8.37. The summed E-state index contributed by atoms with van der Waals surface area (Å²) >= 11 is 0. The summed E-state index contributed by atoms with van der Waals surface area (Å²) in [6.07, 6.45) is -1.49. The van der Waals surface area contributed by atoms with Crippen molar-refractivity contribution in [2.75, 3.05) is 0 Å². The summed E-state index contributed by atoms with van der Waals surface area (Å²) in [5.74, 6) is -4.58. The zero-order valence-corrected chi connectivity index (χ0v) is 9.84. The Labute approximate surface area is 101 Å². The lowest BCUT2D eigenvalue weighted by molar-refractivity contribution is -0.131. The van der Waals surface area contributed by atoms with Crippen molar-refractivity contribution in [3.63, 3.8) is 0 Å². The third-order valence-electron chi connectivity index (χ3n) is 3.07. The van der Waals surface area contributed by atoms with Gasteiger partial charge < -0.3 is 9.53 Å². The van der Waals surface area contributed by atoms with E-state index < -0.39 is 29.9 Å². The number of hydrogen-bond acceptors (Lipinski definition) is 4. The van der Waals surface area contributed by atoms with Crippen LogP contribution < -0.4 is 5.69 Å². The molecule has 0 bridgehead atoms. The molecule has 3 atom stereocenters. The molecule has 0 amide bonds. The van der Waals surface area contributed by atoms with Gasteiger partial charge in [0, 0.05) is 11.9 Å². The van der Waals surface area contributed by atoms with Crippen LogP contribution in [-0.2, 0) is 9.53 Å². The lowest BCUT2D eigenvalue weighted by Crippen LogP contribution is -2.37. The first-order valence-corrected chi connectivity index (χ1v) is 5.42. The number of rotatable bonds is 2. The zero-order valence-electron chi connectivity index (χ0n) is 9.84. The van der Waals surface area contributed by atoms with Crippen molar-refractivity contribution in [1.82, 2.24) is 9.55 Å². The minimum atomic E-state index is -3.30. The molecule has 18 heavy (non-hydrogen) atoms. The average Bonchev–Trinajstić information content (AvgIpc) is 2.52. The van der Waals surface area contributed by atoms with E-state index in [0.29, 0.717) is 16.5 Å². The summed E-state index contributed by atoms with van der Waals surface area (Å²) < 4.78 is 33.5. The van der Waals surface area contributed by atoms with Gasteiger partial charge in [0.2, 0.25) is 6.23 Å². The van der Waals surface area contributed by atoms with Crippen molar-refractivity contribution >= 4 is 6.29 Å². The average molecular weight is 258 g/mol. The predicted molar refractivity (Wildman–Crippen MR) is 57.3 cm³/mol. The fourth-order valence-electron chi connectivity index (χ4n) is 1.88. The van der Waals surface area contributed by atoms with Gasteiger partial charge in [-0.05, 0) is 13.0 Å². The Morgan fingerprint density at radius 3 is 2.72 bits per heavy atom. The van der Waals surface area contributed by atoms with Crippen LogP contribution in [0.4, 0.5) is 8.78 Å². The lowest BCUT2D eigenvalue weighted by Gasteiger charge is -2.21. The topological polar surface area (TPSA) is 61.2 Å². The molecule has 1 saturated heterocycles. The molecule has 0 N–H and O–H groups in total. The molecule has 98 valence electrons. The molecule has 7 heteroatoms. The molecular weight excluding hydrogens is 246 g/mol. The Hall–Kier alpha value is -1.63. The number of carbonyl (C=O) groups is 1. The summed E-state index contributed by atoms with van der Waals surface area (Å²) in [4.78, 5) is 25.8. The van der Waals surface area contributed by atoms with Crippen molar-refractivity contribution in [2.45, 2.75) is 32.1 Å². The van der Waals surface area contributed by atoms with E-state index in [-0.39, 0.29) is 0 Å². The molecule has 1 aliphatic heterocycles. The second-order valence-electron chi connectivity index (χ2n) is 4.31. The minimum Gasteiger partial charge on any atom is -0.340 e. The molecule has 2 heterocycles. The van der Waals surface area contributed by atoms with Gasteiger partial charge in [-0.2, -0.15) is 4.98 Å². The Balaban J connectivity index is 2.45. The van der Waals surface area contributed by atoms with Gasteiger partial charge in [-0.15, -0.1) is 0 Å². The van der Waals surface area contributed by atoms with Gasteiger partial charge >= 0.3 is 5.69 Å². The molecule has 5 nitrogen and oxygen atoms in total. The van der Waals surface area contributed by atoms with Crippen LogP contribution in [0.25, 0.3) is 0 Å². The lowest BCUT2D eigenvalue weighted by atomic mass is 10.0. The highest BCUT2D eigenvalue weighted by atomic mass is 19.3. The molecule has 0 radical (unpaired) electrons. The Kier molecular flexibility index (Phi) is 3.02. The van der Waals surface area contributed by atoms with Gasteiger partial charge in [0.25, 0.3) is 5.92 Å². The van der Waals surface area contributed by atoms with E-state index in [1.807, 2.05) is 0 Å². The first kappa shape index (κ1) is 12.8. The van der Waals surface area contributed by atoms with Crippen molar-refractivity contribution in [3.8, 4) is 0 Å². The second kappa shape index (κ2) is 4.24. The number of aryl methyl sites for hydroxylation is 1. The van der Waals surface area contributed by atoms with Gasteiger partial charge in [0.15, 0.2) is 0 Å². The van der Waals surface area contributed by atoms with E-state index in [2.05, 4.69) is 4.98 Å². The van der Waals surface area contributed by atoms with Crippen LogP contribution in [0.2, 0.25) is 0 Å². The van der Waals surface area contributed by atoms with Gasteiger partial charge in [-0.25, -0.2) is 13.6 Å². The highest BCUT2D eigenvalue weighted by Crippen LogP contribution is 2.45. The van der Waals surface area contributed by atoms with Crippen LogP contribution in [-0.4, -0.2) is 27.9 Å². The van der Waals surface area contributed by atoms with Gasteiger partial charge in [0.05, 0.1) is 5.92 Å². The van der Waals surface area contributed by atoms with Gasteiger partial charge in [-0.3, -0.25) is 4.57 Å². The van der Waals surface area contributed by atoms with Crippen LogP contribution in [0, 0.1) is 12.8 Å². The summed E-state index contributed by atoms with van der Waals surface area (Å²) in [6, 6.07) is 1.43. The quantitative estimate of drug-likeness (QED) is 0.740. The minimum absolute atomic E-state index is 0.325. The predicted octanol–water partition coefficient (Wildman–Crippen LogP) is 0.919. The molecule has 1 aliphatic rings. The van der Waals surface area contributed by atoms with Crippen molar-refractivity contribution in [1.29, 1.82) is 0 Å². The van der Waals surface area contributed by atoms with E-state index >= 15 is 0 Å². The Bertz CT molecular complexity index is 529. The number of aromatic nitrogens is 2. The zero-order chi connectivity index (χ0) is 13.5. The molecule has 3 unspecified atom stereocenters. The number of aldehydes is 1. The highest BCUT2D eigenvalue weighted by Gasteiger charge is 2.57. The van der Waals surface area contributed by atoms with Crippen LogP contribution in [0.1, 0.15) is 18.8 Å². The van der Waals surface area contributed by atoms with Crippen molar-refractivity contribution in [2.24, 2.45) is 5.92 Å². The molecule has 0 saturated carbocycles. The number of ether oxygens (including phenoxy) is 1. The van der Waals surface area contributed by atoms with E-state index in [9.17, 15) is 18.4 Å². The monoisotopic (exact) mass is 258 g/mol. The van der Waals surface area contributed by atoms with Crippen LogP contribution in [0.5, 0.6) is 0 Å². The molecular formula is C11H12F2N2O3. The van der Waals surface area contributed by atoms with Crippen molar-refractivity contribution in [3.05, 3.63) is 28.4 Å². The summed E-state index contributed by atoms with van der Waals surface area (Å²) in [5.41, 5.74) is -0.393. The molecule has 0 aliphatic carbocycles. The summed E-state index contributed by atoms with van der Waals surface area (Å²) in [6.45, 7) is 2.79. The molecule has 0 spiro atoms. The van der Waals surface area contributed by atoms with Gasteiger partial charge in [0.1, 0.15) is 12.4 Å². The maximum Gasteiger partial charge on any atom is 0.350 e. The second-order valence-corrected chi connectivity index (χ2v) is 4.31. The molecule has 2 rings (SSSR count). The molecule has 1 aromatic rings. The number of nitrogens with zero attached hydrogens (tertiary/aromatic N) is 2. The van der Waals surface area contributed by atoms with Crippen molar-refractivity contribution < 1.29 is 18.3 Å². The maximum atomic E-state index is 13.9. The Morgan fingerprint density at radius 1 is 1.56 bits per heavy atom. The van der Waals surface area contributed by atoms with E-state index in [4.69, 9.17) is 4.74 Å². The number of alkyl halides is 2. The third kappa shape index (κ3) is 1.84. The number of halogens is 2. The third-order valence-corrected chi connectivity index (χ3v) is 3.07. The highest BCUT2D eigenvalue weighted by molar-refractivity contribution is 5.57. The van der Waals surface area contributed by atoms with Crippen LogP contribution >= 0.6 is 0 Å². The van der Waals surface area contributed by atoms with E-state index in [0.717, 1.165) is 0 Å². The fraction of sp³-hybridized carbons (Fsp3) is 0.545. The standard InChI is InChI=1S/C11H12F2N2O3/c1-6-3-4-15(10(17)14-6)9-11(12,13)7(2)8(5-16)18-9/h3-5,7-9H,1-2H3. The van der Waals surface area contributed by atoms with E-state index in [1.165, 1.54) is 19.2 Å². The van der Waals surface area contributed by atoms with Gasteiger partial charge in [-0.1, -0.05) is 6.92 Å². The summed E-state index contributed by atoms with van der Waals surface area (Å²) in [5, 5.41) is 0. The Morgan fingerprint density at radius 2 is 2.22 bits per heavy atom. The van der Waals surface area contributed by atoms with Crippen LogP contribution in [0.3, 0.4) is 0 Å². The largest absolute Gasteiger partial charge is 0.350 e. The molecule has 0 aromatic carbocycles. The number of carbonyl (C=O) groups excluding carboxylic acids is 1.